The summed E-state index contributed by atoms with van der Waals surface area (Å²) < 4.78 is 0. The summed E-state index contributed by atoms with van der Waals surface area (Å²) in [7, 11) is 0. The van der Waals surface area contributed by atoms with Crippen molar-refractivity contribution in [1.82, 2.24) is 0 Å². The summed E-state index contributed by atoms with van der Waals surface area (Å²) in [5.74, 6) is 0.177. The topological polar surface area (TPSA) is 46.2 Å². The Kier molecular flexibility index (Phi) is 2.39. The summed E-state index contributed by atoms with van der Waals surface area (Å²) in [5.41, 5.74) is 5.77. The highest BCUT2D eigenvalue weighted by molar-refractivity contribution is 6.30. The van der Waals surface area contributed by atoms with Gasteiger partial charge in [-0.1, -0.05) is 11.6 Å². The quantitative estimate of drug-likeness (QED) is 0.675. The summed E-state index contributed by atoms with van der Waals surface area (Å²) >= 11 is 5.67. The fraction of sp³-hybridized carbons (Fsp3) is 0. The molecule has 3 N–H and O–H groups in total. The number of halogens is 1. The van der Waals surface area contributed by atoms with Gasteiger partial charge in [0.05, 0.1) is 0 Å². The van der Waals surface area contributed by atoms with Crippen molar-refractivity contribution in [3.8, 4) is 5.75 Å². The number of hydrogen-bond donors (Lipinski definition) is 2. The molecule has 0 atom stereocenters. The van der Waals surface area contributed by atoms with Crippen molar-refractivity contribution in [2.75, 3.05) is 0 Å². The molecular weight excluding hydrogens is 162 g/mol. The Bertz CT molecular complexity index is 283. The maximum Gasteiger partial charge on any atom is 0.122 e. The summed E-state index contributed by atoms with van der Waals surface area (Å²) in [6.07, 6.45) is 2.94. The van der Waals surface area contributed by atoms with E-state index in [-0.39, 0.29) is 5.75 Å². The molecule has 1 aromatic carbocycles. The number of nitrogens with two attached hydrogens (primary N) is 1. The van der Waals surface area contributed by atoms with E-state index in [9.17, 15) is 5.11 Å². The summed E-state index contributed by atoms with van der Waals surface area (Å²) in [6.45, 7) is 0. The average Bonchev–Trinajstić information content (AvgIpc) is 1.98. The van der Waals surface area contributed by atoms with Gasteiger partial charge in [-0.3, -0.25) is 0 Å². The van der Waals surface area contributed by atoms with Crippen molar-refractivity contribution in [1.29, 1.82) is 0 Å². The van der Waals surface area contributed by atoms with E-state index in [1.165, 1.54) is 12.3 Å². The highest BCUT2D eigenvalue weighted by Gasteiger charge is 1.96. The molecule has 0 heterocycles. The molecule has 0 amide bonds. The predicted octanol–water partition coefficient (Wildman–Crippen LogP) is 1.98. The molecule has 58 valence electrons. The van der Waals surface area contributed by atoms with Crippen LogP contribution in [0.4, 0.5) is 0 Å². The Labute approximate surface area is 69.9 Å². The highest BCUT2D eigenvalue weighted by atomic mass is 35.5. The van der Waals surface area contributed by atoms with Crippen LogP contribution in [0.2, 0.25) is 5.02 Å². The van der Waals surface area contributed by atoms with Gasteiger partial charge in [-0.2, -0.15) is 0 Å². The number of aromatic hydroxyl groups is 1. The minimum atomic E-state index is 0.177. The molecule has 2 nitrogen and oxygen atoms in total. The largest absolute Gasteiger partial charge is 0.507 e. The minimum Gasteiger partial charge on any atom is -0.507 e. The van der Waals surface area contributed by atoms with Gasteiger partial charge in [0.25, 0.3) is 0 Å². The molecule has 0 spiro atoms. The molecule has 0 unspecified atom stereocenters. The maximum atomic E-state index is 9.20. The lowest BCUT2D eigenvalue weighted by Gasteiger charge is -1.97. The smallest absolute Gasteiger partial charge is 0.122 e. The van der Waals surface area contributed by atoms with E-state index < -0.39 is 0 Å². The van der Waals surface area contributed by atoms with E-state index in [2.05, 4.69) is 0 Å². The van der Waals surface area contributed by atoms with Gasteiger partial charge in [0.2, 0.25) is 0 Å². The third-order valence-electron chi connectivity index (χ3n) is 1.27. The van der Waals surface area contributed by atoms with Crippen molar-refractivity contribution < 1.29 is 5.11 Å². The first-order valence-electron chi connectivity index (χ1n) is 3.11. The van der Waals surface area contributed by atoms with Gasteiger partial charge >= 0.3 is 0 Å². The van der Waals surface area contributed by atoms with Crippen LogP contribution < -0.4 is 5.73 Å². The lowest BCUT2D eigenvalue weighted by molar-refractivity contribution is 0.474. The van der Waals surface area contributed by atoms with E-state index in [0.717, 1.165) is 0 Å². The molecule has 1 rings (SSSR count). The zero-order chi connectivity index (χ0) is 8.27. The van der Waals surface area contributed by atoms with Crippen LogP contribution in [0.3, 0.4) is 0 Å². The Morgan fingerprint density at radius 1 is 1.45 bits per heavy atom. The average molecular weight is 170 g/mol. The van der Waals surface area contributed by atoms with E-state index in [4.69, 9.17) is 17.3 Å². The van der Waals surface area contributed by atoms with E-state index in [0.29, 0.717) is 10.6 Å². The predicted molar refractivity (Wildman–Crippen MR) is 46.3 cm³/mol. The second kappa shape index (κ2) is 3.30. The molecule has 0 aromatic heterocycles. The van der Waals surface area contributed by atoms with Crippen LogP contribution >= 0.6 is 11.6 Å². The van der Waals surface area contributed by atoms with E-state index >= 15 is 0 Å². The molecule has 0 bridgehead atoms. The van der Waals surface area contributed by atoms with Crippen molar-refractivity contribution in [3.05, 3.63) is 35.0 Å². The molecule has 0 aliphatic rings. The Morgan fingerprint density at radius 3 is 2.82 bits per heavy atom. The second-order valence-corrected chi connectivity index (χ2v) is 2.50. The number of phenols is 1. The fourth-order valence-electron chi connectivity index (χ4n) is 0.763. The zero-order valence-electron chi connectivity index (χ0n) is 5.79. The molecule has 0 saturated heterocycles. The normalized spacial score (nSPS) is 10.6. The molecule has 0 fully saturated rings. The Morgan fingerprint density at radius 2 is 2.18 bits per heavy atom. The number of benzene rings is 1. The molecule has 0 saturated carbocycles. The first-order valence-corrected chi connectivity index (χ1v) is 3.48. The van der Waals surface area contributed by atoms with Gasteiger partial charge in [0.1, 0.15) is 5.75 Å². The van der Waals surface area contributed by atoms with Gasteiger partial charge in [-0.15, -0.1) is 0 Å². The van der Waals surface area contributed by atoms with Crippen LogP contribution in [-0.2, 0) is 0 Å². The molecular formula is C8H8ClNO. The second-order valence-electron chi connectivity index (χ2n) is 2.06. The monoisotopic (exact) mass is 169 g/mol. The lowest BCUT2D eigenvalue weighted by atomic mass is 10.2. The van der Waals surface area contributed by atoms with Crippen LogP contribution in [0.25, 0.3) is 6.08 Å². The first kappa shape index (κ1) is 7.95. The van der Waals surface area contributed by atoms with Crippen LogP contribution in [0, 0.1) is 0 Å². The highest BCUT2D eigenvalue weighted by Crippen LogP contribution is 2.21. The van der Waals surface area contributed by atoms with Gasteiger partial charge < -0.3 is 10.8 Å². The van der Waals surface area contributed by atoms with Crippen molar-refractivity contribution in [2.24, 2.45) is 5.73 Å². The van der Waals surface area contributed by atoms with Gasteiger partial charge in [-0.05, 0) is 30.5 Å². The fourth-order valence-corrected chi connectivity index (χ4v) is 0.943. The van der Waals surface area contributed by atoms with Gasteiger partial charge in [0.15, 0.2) is 0 Å². The number of phenolic OH excluding ortho intramolecular Hbond substituents is 1. The van der Waals surface area contributed by atoms with Crippen LogP contribution in [0.1, 0.15) is 5.56 Å². The molecule has 1 aromatic rings. The lowest BCUT2D eigenvalue weighted by Crippen LogP contribution is -1.78. The molecule has 0 aliphatic heterocycles. The summed E-state index contributed by atoms with van der Waals surface area (Å²) in [6, 6.07) is 4.78. The number of rotatable bonds is 1. The summed E-state index contributed by atoms with van der Waals surface area (Å²) in [4.78, 5) is 0. The molecule has 0 radical (unpaired) electrons. The Hall–Kier alpha value is -1.15. The van der Waals surface area contributed by atoms with Crippen LogP contribution in [0.5, 0.6) is 5.75 Å². The molecule has 11 heavy (non-hydrogen) atoms. The molecule has 0 aliphatic carbocycles. The van der Waals surface area contributed by atoms with Crippen LogP contribution in [0.15, 0.2) is 24.4 Å². The van der Waals surface area contributed by atoms with Crippen LogP contribution in [-0.4, -0.2) is 5.11 Å². The van der Waals surface area contributed by atoms with E-state index in [1.54, 1.807) is 18.2 Å². The third-order valence-corrected chi connectivity index (χ3v) is 1.50. The zero-order valence-corrected chi connectivity index (χ0v) is 6.55. The van der Waals surface area contributed by atoms with Gasteiger partial charge in [-0.25, -0.2) is 0 Å². The first-order chi connectivity index (χ1) is 5.24. The maximum absolute atomic E-state index is 9.20. The van der Waals surface area contributed by atoms with Crippen molar-refractivity contribution >= 4 is 17.7 Å². The third kappa shape index (κ3) is 1.88. The number of hydrogen-bond acceptors (Lipinski definition) is 2. The van der Waals surface area contributed by atoms with E-state index in [1.807, 2.05) is 0 Å². The van der Waals surface area contributed by atoms with Crippen molar-refractivity contribution in [3.63, 3.8) is 0 Å². The minimum absolute atomic E-state index is 0.177. The summed E-state index contributed by atoms with van der Waals surface area (Å²) in [5, 5.41) is 9.78. The van der Waals surface area contributed by atoms with Crippen molar-refractivity contribution in [2.45, 2.75) is 0 Å². The SMILES string of the molecule is N/C=C/c1cc(Cl)ccc1O. The molecule has 3 heteroatoms. The Balaban J connectivity index is 3.12. The standard InChI is InChI=1S/C8H8ClNO/c9-7-1-2-8(11)6(5-7)3-4-10/h1-5,11H,10H2/b4-3+. The van der Waals surface area contributed by atoms with Gasteiger partial charge in [0, 0.05) is 10.6 Å².